The second-order valence-electron chi connectivity index (χ2n) is 8.00. The highest BCUT2D eigenvalue weighted by Crippen LogP contribution is 2.22. The lowest BCUT2D eigenvalue weighted by atomic mass is 10.2. The van der Waals surface area contributed by atoms with Crippen LogP contribution < -0.4 is 15.6 Å². The van der Waals surface area contributed by atoms with Crippen LogP contribution in [0.1, 0.15) is 26.7 Å². The topological polar surface area (TPSA) is 100 Å². The number of nitrogens with zero attached hydrogens (tertiary/aromatic N) is 4. The van der Waals surface area contributed by atoms with E-state index in [1.165, 1.54) is 0 Å². The predicted molar refractivity (Wildman–Crippen MR) is 122 cm³/mol. The Morgan fingerprint density at radius 1 is 1.28 bits per heavy atom. The van der Waals surface area contributed by atoms with Crippen LogP contribution >= 0.6 is 0 Å². The number of aromatic nitrogens is 4. The molecule has 0 radical (unpaired) electrons. The van der Waals surface area contributed by atoms with Crippen LogP contribution in [0.2, 0.25) is 0 Å². The van der Waals surface area contributed by atoms with Crippen molar-refractivity contribution in [2.45, 2.75) is 45.4 Å². The molecule has 9 heteroatoms. The van der Waals surface area contributed by atoms with Crippen molar-refractivity contribution in [3.63, 3.8) is 0 Å². The van der Waals surface area contributed by atoms with Crippen molar-refractivity contribution in [3.05, 3.63) is 40.9 Å². The number of anilines is 1. The van der Waals surface area contributed by atoms with E-state index < -0.39 is 0 Å². The second-order valence-corrected chi connectivity index (χ2v) is 8.00. The van der Waals surface area contributed by atoms with Crippen molar-refractivity contribution in [3.8, 4) is 17.1 Å². The van der Waals surface area contributed by atoms with Gasteiger partial charge in [0, 0.05) is 37.5 Å². The van der Waals surface area contributed by atoms with Gasteiger partial charge in [0.2, 0.25) is 5.88 Å². The van der Waals surface area contributed by atoms with Gasteiger partial charge in [-0.05, 0) is 38.8 Å². The van der Waals surface area contributed by atoms with E-state index in [1.54, 1.807) is 30.1 Å². The summed E-state index contributed by atoms with van der Waals surface area (Å²) >= 11 is 0. The van der Waals surface area contributed by atoms with Crippen molar-refractivity contribution in [1.82, 2.24) is 19.5 Å². The smallest absolute Gasteiger partial charge is 0.293 e. The van der Waals surface area contributed by atoms with E-state index in [2.05, 4.69) is 20.3 Å². The minimum atomic E-state index is -0.187. The molecule has 3 aromatic rings. The van der Waals surface area contributed by atoms with E-state index in [0.717, 1.165) is 25.0 Å². The molecule has 0 amide bonds. The number of rotatable bonds is 9. The summed E-state index contributed by atoms with van der Waals surface area (Å²) in [6, 6.07) is 5.53. The molecule has 0 unspecified atom stereocenters. The molecule has 3 aromatic heterocycles. The SMILES string of the molecule is COc1ccc(-c2cc3c(cn2)nc(NC[C@@H]2CCCO2)c(=O)n3CCOC(C)C)cn1. The number of hydrogen-bond acceptors (Lipinski definition) is 8. The van der Waals surface area contributed by atoms with E-state index in [0.29, 0.717) is 48.1 Å². The van der Waals surface area contributed by atoms with Gasteiger partial charge in [0.25, 0.3) is 5.56 Å². The molecular weight excluding hydrogens is 410 g/mol. The van der Waals surface area contributed by atoms with Crippen molar-refractivity contribution < 1.29 is 14.2 Å². The third-order valence-corrected chi connectivity index (χ3v) is 5.36. The molecule has 9 nitrogen and oxygen atoms in total. The Morgan fingerprint density at radius 3 is 2.84 bits per heavy atom. The number of nitrogens with one attached hydrogen (secondary N) is 1. The largest absolute Gasteiger partial charge is 0.481 e. The summed E-state index contributed by atoms with van der Waals surface area (Å²) < 4.78 is 18.2. The van der Waals surface area contributed by atoms with E-state index in [9.17, 15) is 4.79 Å². The predicted octanol–water partition coefficient (Wildman–Crippen LogP) is 2.88. The van der Waals surface area contributed by atoms with Gasteiger partial charge in [-0.1, -0.05) is 0 Å². The fourth-order valence-electron chi connectivity index (χ4n) is 3.69. The summed E-state index contributed by atoms with van der Waals surface area (Å²) in [6.45, 7) is 6.10. The summed E-state index contributed by atoms with van der Waals surface area (Å²) in [6.07, 6.45) is 5.60. The third kappa shape index (κ3) is 5.05. The third-order valence-electron chi connectivity index (χ3n) is 5.36. The summed E-state index contributed by atoms with van der Waals surface area (Å²) in [5.41, 5.74) is 2.67. The summed E-state index contributed by atoms with van der Waals surface area (Å²) in [5, 5.41) is 3.18. The molecule has 0 aliphatic carbocycles. The zero-order chi connectivity index (χ0) is 22.5. The van der Waals surface area contributed by atoms with Crippen LogP contribution in [0.15, 0.2) is 35.4 Å². The van der Waals surface area contributed by atoms with Gasteiger partial charge in [-0.15, -0.1) is 0 Å². The van der Waals surface area contributed by atoms with Gasteiger partial charge in [0.1, 0.15) is 5.52 Å². The molecule has 1 aliphatic heterocycles. The van der Waals surface area contributed by atoms with Crippen LogP contribution in [0.25, 0.3) is 22.3 Å². The molecule has 0 saturated carbocycles. The average molecular weight is 440 g/mol. The zero-order valence-corrected chi connectivity index (χ0v) is 18.7. The van der Waals surface area contributed by atoms with Gasteiger partial charge in [-0.2, -0.15) is 0 Å². The van der Waals surface area contributed by atoms with Gasteiger partial charge in [-0.25, -0.2) is 9.97 Å². The summed E-state index contributed by atoms with van der Waals surface area (Å²) in [4.78, 5) is 26.6. The van der Waals surface area contributed by atoms with Gasteiger partial charge in [-0.3, -0.25) is 9.78 Å². The van der Waals surface area contributed by atoms with E-state index in [-0.39, 0.29) is 17.8 Å². The first kappa shape index (κ1) is 22.2. The Hall–Kier alpha value is -3.04. The summed E-state index contributed by atoms with van der Waals surface area (Å²) in [7, 11) is 1.57. The molecular formula is C23H29N5O4. The molecule has 1 N–H and O–H groups in total. The fraction of sp³-hybridized carbons (Fsp3) is 0.478. The van der Waals surface area contributed by atoms with Crippen molar-refractivity contribution >= 4 is 16.9 Å². The minimum absolute atomic E-state index is 0.0820. The molecule has 1 aliphatic rings. The molecule has 4 rings (SSSR count). The molecule has 0 spiro atoms. The standard InChI is InChI=1S/C23H29N5O4/c1-15(2)31-10-8-28-20-11-18(16-6-7-21(30-3)25-12-16)24-14-19(20)27-22(23(28)29)26-13-17-5-4-9-32-17/h6-7,11-12,14-15,17H,4-5,8-10,13H2,1-3H3,(H,26,27)/t17-/m0/s1. The molecule has 170 valence electrons. The van der Waals surface area contributed by atoms with E-state index in [4.69, 9.17) is 14.2 Å². The van der Waals surface area contributed by atoms with Gasteiger partial charge in [0.15, 0.2) is 5.82 Å². The summed E-state index contributed by atoms with van der Waals surface area (Å²) in [5.74, 6) is 0.833. The maximum Gasteiger partial charge on any atom is 0.293 e. The van der Waals surface area contributed by atoms with Gasteiger partial charge < -0.3 is 24.1 Å². The number of methoxy groups -OCH3 is 1. The van der Waals surface area contributed by atoms with Crippen LogP contribution in [0, 0.1) is 0 Å². The fourth-order valence-corrected chi connectivity index (χ4v) is 3.69. The normalized spacial score (nSPS) is 16.1. The van der Waals surface area contributed by atoms with E-state index in [1.807, 2.05) is 26.0 Å². The maximum absolute atomic E-state index is 13.3. The molecule has 0 aromatic carbocycles. The van der Waals surface area contributed by atoms with Gasteiger partial charge >= 0.3 is 0 Å². The highest BCUT2D eigenvalue weighted by atomic mass is 16.5. The number of pyridine rings is 2. The average Bonchev–Trinajstić information content (AvgIpc) is 3.32. The first-order valence-electron chi connectivity index (χ1n) is 10.9. The van der Waals surface area contributed by atoms with Crippen LogP contribution in [0.3, 0.4) is 0 Å². The molecule has 4 heterocycles. The lowest BCUT2D eigenvalue weighted by Crippen LogP contribution is -2.30. The Labute approximate surface area is 186 Å². The zero-order valence-electron chi connectivity index (χ0n) is 18.7. The Balaban J connectivity index is 1.70. The lowest BCUT2D eigenvalue weighted by molar-refractivity contribution is 0.0729. The lowest BCUT2D eigenvalue weighted by Gasteiger charge is -2.16. The van der Waals surface area contributed by atoms with Crippen molar-refractivity contribution in [2.75, 3.05) is 32.2 Å². The Bertz CT molecular complexity index is 1110. The first-order chi connectivity index (χ1) is 15.5. The van der Waals surface area contributed by atoms with E-state index >= 15 is 0 Å². The molecule has 32 heavy (non-hydrogen) atoms. The number of fused-ring (bicyclic) bond motifs is 1. The van der Waals surface area contributed by atoms with Crippen molar-refractivity contribution in [1.29, 1.82) is 0 Å². The monoisotopic (exact) mass is 439 g/mol. The minimum Gasteiger partial charge on any atom is -0.481 e. The van der Waals surface area contributed by atoms with Crippen LogP contribution in [-0.2, 0) is 16.0 Å². The van der Waals surface area contributed by atoms with Gasteiger partial charge in [0.05, 0.1) is 43.3 Å². The molecule has 1 atom stereocenters. The van der Waals surface area contributed by atoms with Crippen molar-refractivity contribution in [2.24, 2.45) is 0 Å². The quantitative estimate of drug-likeness (QED) is 0.543. The highest BCUT2D eigenvalue weighted by Gasteiger charge is 2.18. The Kier molecular flexibility index (Phi) is 6.96. The second kappa shape index (κ2) is 10.1. The van der Waals surface area contributed by atoms with Crippen LogP contribution in [0.4, 0.5) is 5.82 Å². The van der Waals surface area contributed by atoms with Crippen LogP contribution in [0.5, 0.6) is 5.88 Å². The first-order valence-corrected chi connectivity index (χ1v) is 10.9. The maximum atomic E-state index is 13.3. The number of ether oxygens (including phenoxy) is 3. The molecule has 0 bridgehead atoms. The highest BCUT2D eigenvalue weighted by molar-refractivity contribution is 5.80. The van der Waals surface area contributed by atoms with Crippen LogP contribution in [-0.4, -0.2) is 58.6 Å². The molecule has 1 fully saturated rings. The Morgan fingerprint density at radius 2 is 2.16 bits per heavy atom. The molecule has 1 saturated heterocycles. The number of hydrogen-bond donors (Lipinski definition) is 1.